The lowest BCUT2D eigenvalue weighted by Crippen LogP contribution is -2.31. The summed E-state index contributed by atoms with van der Waals surface area (Å²) in [5.74, 6) is 2.36. The van der Waals surface area contributed by atoms with Gasteiger partial charge in [-0.25, -0.2) is 0 Å². The lowest BCUT2D eigenvalue weighted by Gasteiger charge is -2.42. The first-order chi connectivity index (χ1) is 9.99. The zero-order valence-corrected chi connectivity index (χ0v) is 15.8. The van der Waals surface area contributed by atoms with Gasteiger partial charge in [0.1, 0.15) is 13.2 Å². The summed E-state index contributed by atoms with van der Waals surface area (Å²) >= 11 is 7.69. The molecule has 3 rings (SSSR count). The quantitative estimate of drug-likeness (QED) is 0.560. The van der Waals surface area contributed by atoms with Crippen LogP contribution >= 0.6 is 31.9 Å². The van der Waals surface area contributed by atoms with Crippen LogP contribution in [0.25, 0.3) is 0 Å². The van der Waals surface area contributed by atoms with E-state index in [9.17, 15) is 0 Å². The standard InChI is InChI=1S/C17H22Br2O2/c1-17(2)6-4-3-5-12(17)16(19)11-9-14-15(10-13(11)18)21-8-7-20-14/h9-10,12,16H,3-8H2,1-2H3. The number of hydrogen-bond donors (Lipinski definition) is 0. The maximum Gasteiger partial charge on any atom is 0.162 e. The molecule has 4 heteroatoms. The highest BCUT2D eigenvalue weighted by atomic mass is 79.9. The van der Waals surface area contributed by atoms with E-state index in [1.165, 1.54) is 31.2 Å². The molecular formula is C17H22Br2O2. The first kappa shape index (κ1) is 15.7. The summed E-state index contributed by atoms with van der Waals surface area (Å²) in [6.45, 7) is 6.07. The number of rotatable bonds is 2. The third-order valence-electron chi connectivity index (χ3n) is 4.90. The molecule has 0 saturated heterocycles. The Hall–Kier alpha value is -0.220. The Morgan fingerprint density at radius 3 is 2.48 bits per heavy atom. The molecule has 0 aromatic heterocycles. The van der Waals surface area contributed by atoms with Crippen LogP contribution in [0.5, 0.6) is 11.5 Å². The second-order valence-corrected chi connectivity index (χ2v) is 8.60. The summed E-state index contributed by atoms with van der Waals surface area (Å²) in [7, 11) is 0. The third-order valence-corrected chi connectivity index (χ3v) is 6.72. The molecule has 2 aliphatic rings. The molecule has 21 heavy (non-hydrogen) atoms. The maximum absolute atomic E-state index is 5.74. The van der Waals surface area contributed by atoms with Gasteiger partial charge in [0.2, 0.25) is 0 Å². The first-order valence-corrected chi connectivity index (χ1v) is 9.43. The highest BCUT2D eigenvalue weighted by Crippen LogP contribution is 2.52. The van der Waals surface area contributed by atoms with Crippen molar-refractivity contribution in [2.45, 2.75) is 44.4 Å². The molecule has 0 N–H and O–H groups in total. The van der Waals surface area contributed by atoms with E-state index >= 15 is 0 Å². The van der Waals surface area contributed by atoms with E-state index in [2.05, 4.69) is 51.8 Å². The van der Waals surface area contributed by atoms with Crippen LogP contribution in [-0.4, -0.2) is 13.2 Å². The average molecular weight is 418 g/mol. The van der Waals surface area contributed by atoms with E-state index < -0.39 is 0 Å². The Balaban J connectivity index is 1.92. The molecule has 0 bridgehead atoms. The second-order valence-electron chi connectivity index (χ2n) is 6.76. The van der Waals surface area contributed by atoms with Crippen molar-refractivity contribution in [3.63, 3.8) is 0 Å². The number of benzene rings is 1. The van der Waals surface area contributed by atoms with Crippen molar-refractivity contribution in [1.29, 1.82) is 0 Å². The van der Waals surface area contributed by atoms with E-state index in [0.717, 1.165) is 16.0 Å². The Labute approximate surface area is 143 Å². The zero-order valence-electron chi connectivity index (χ0n) is 12.6. The summed E-state index contributed by atoms with van der Waals surface area (Å²) in [6.07, 6.45) is 5.27. The fraction of sp³-hybridized carbons (Fsp3) is 0.647. The van der Waals surface area contributed by atoms with Crippen LogP contribution in [0.15, 0.2) is 16.6 Å². The molecule has 1 fully saturated rings. The Morgan fingerprint density at radius 1 is 1.14 bits per heavy atom. The van der Waals surface area contributed by atoms with Gasteiger partial charge in [-0.15, -0.1) is 0 Å². The molecule has 0 amide bonds. The van der Waals surface area contributed by atoms with Gasteiger partial charge in [0, 0.05) is 9.30 Å². The number of fused-ring (bicyclic) bond motifs is 1. The molecule has 1 aromatic rings. The smallest absolute Gasteiger partial charge is 0.162 e. The molecule has 0 spiro atoms. The van der Waals surface area contributed by atoms with Crippen LogP contribution in [0.4, 0.5) is 0 Å². The van der Waals surface area contributed by atoms with Crippen molar-refractivity contribution >= 4 is 31.9 Å². The predicted molar refractivity (Wildman–Crippen MR) is 92.5 cm³/mol. The monoisotopic (exact) mass is 416 g/mol. The van der Waals surface area contributed by atoms with Crippen LogP contribution in [0.1, 0.15) is 49.9 Å². The number of hydrogen-bond acceptors (Lipinski definition) is 2. The van der Waals surface area contributed by atoms with Gasteiger partial charge in [0.25, 0.3) is 0 Å². The van der Waals surface area contributed by atoms with Crippen molar-refractivity contribution in [1.82, 2.24) is 0 Å². The van der Waals surface area contributed by atoms with Gasteiger partial charge in [-0.2, -0.15) is 0 Å². The maximum atomic E-state index is 5.74. The Morgan fingerprint density at radius 2 is 1.81 bits per heavy atom. The van der Waals surface area contributed by atoms with Crippen LogP contribution in [0.3, 0.4) is 0 Å². The van der Waals surface area contributed by atoms with Crippen LogP contribution in [0.2, 0.25) is 0 Å². The molecule has 1 aliphatic heterocycles. The SMILES string of the molecule is CC1(C)CCCCC1C(Br)c1cc2c(cc1Br)OCCO2. The molecule has 116 valence electrons. The molecular weight excluding hydrogens is 396 g/mol. The van der Waals surface area contributed by atoms with Gasteiger partial charge in [0.15, 0.2) is 11.5 Å². The normalized spacial score (nSPS) is 25.4. The second kappa shape index (κ2) is 6.11. The van der Waals surface area contributed by atoms with E-state index in [-0.39, 0.29) is 0 Å². The van der Waals surface area contributed by atoms with E-state index in [0.29, 0.717) is 29.4 Å². The molecule has 2 atom stereocenters. The van der Waals surface area contributed by atoms with Crippen molar-refractivity contribution in [2.75, 3.05) is 13.2 Å². The van der Waals surface area contributed by atoms with Crippen molar-refractivity contribution in [3.8, 4) is 11.5 Å². The molecule has 1 aliphatic carbocycles. The topological polar surface area (TPSA) is 18.5 Å². The minimum atomic E-state index is 0.345. The number of alkyl halides is 1. The highest BCUT2D eigenvalue weighted by Gasteiger charge is 2.38. The highest BCUT2D eigenvalue weighted by molar-refractivity contribution is 9.11. The van der Waals surface area contributed by atoms with Crippen molar-refractivity contribution < 1.29 is 9.47 Å². The lowest BCUT2D eigenvalue weighted by atomic mass is 9.67. The van der Waals surface area contributed by atoms with Crippen molar-refractivity contribution in [2.24, 2.45) is 11.3 Å². The minimum absolute atomic E-state index is 0.345. The minimum Gasteiger partial charge on any atom is -0.486 e. The van der Waals surface area contributed by atoms with Crippen LogP contribution in [0, 0.1) is 11.3 Å². The van der Waals surface area contributed by atoms with Crippen LogP contribution in [-0.2, 0) is 0 Å². The van der Waals surface area contributed by atoms with E-state index in [4.69, 9.17) is 9.47 Å². The van der Waals surface area contributed by atoms with Crippen molar-refractivity contribution in [3.05, 3.63) is 22.2 Å². The lowest BCUT2D eigenvalue weighted by molar-refractivity contribution is 0.136. The number of ether oxygens (including phenoxy) is 2. The zero-order chi connectivity index (χ0) is 15.0. The molecule has 1 heterocycles. The van der Waals surface area contributed by atoms with Gasteiger partial charge in [0.05, 0.1) is 0 Å². The Kier molecular flexibility index (Phi) is 4.56. The molecule has 1 aromatic carbocycles. The Bertz CT molecular complexity index is 528. The molecule has 2 unspecified atom stereocenters. The van der Waals surface area contributed by atoms with E-state index in [1.54, 1.807) is 0 Å². The molecule has 2 nitrogen and oxygen atoms in total. The summed E-state index contributed by atoms with van der Waals surface area (Å²) in [5.41, 5.74) is 1.65. The van der Waals surface area contributed by atoms with Gasteiger partial charge >= 0.3 is 0 Å². The summed E-state index contributed by atoms with van der Waals surface area (Å²) in [5, 5.41) is 0. The van der Waals surface area contributed by atoms with Gasteiger partial charge in [-0.05, 0) is 41.9 Å². The van der Waals surface area contributed by atoms with Crippen LogP contribution < -0.4 is 9.47 Å². The molecule has 0 radical (unpaired) electrons. The van der Waals surface area contributed by atoms with Gasteiger partial charge in [-0.3, -0.25) is 0 Å². The van der Waals surface area contributed by atoms with Gasteiger partial charge in [-0.1, -0.05) is 58.5 Å². The summed E-state index contributed by atoms with van der Waals surface area (Å²) in [6, 6.07) is 4.19. The number of halogens is 2. The fourth-order valence-corrected chi connectivity index (χ4v) is 5.81. The largest absolute Gasteiger partial charge is 0.486 e. The third kappa shape index (κ3) is 3.12. The first-order valence-electron chi connectivity index (χ1n) is 7.72. The fourth-order valence-electron chi connectivity index (χ4n) is 3.57. The molecule has 1 saturated carbocycles. The average Bonchev–Trinajstić information content (AvgIpc) is 2.45. The van der Waals surface area contributed by atoms with E-state index in [1.807, 2.05) is 6.07 Å². The summed E-state index contributed by atoms with van der Waals surface area (Å²) in [4.78, 5) is 0.345. The predicted octanol–water partition coefficient (Wildman–Crippen LogP) is 5.87. The van der Waals surface area contributed by atoms with Gasteiger partial charge < -0.3 is 9.47 Å². The summed E-state index contributed by atoms with van der Waals surface area (Å²) < 4.78 is 12.5.